The van der Waals surface area contributed by atoms with Gasteiger partial charge < -0.3 is 9.84 Å². The van der Waals surface area contributed by atoms with Crippen molar-refractivity contribution in [2.75, 3.05) is 0 Å². The van der Waals surface area contributed by atoms with Gasteiger partial charge in [0.1, 0.15) is 11.5 Å². The fourth-order valence-electron chi connectivity index (χ4n) is 2.09. The minimum Gasteiger partial charge on any atom is -0.477 e. The summed E-state index contributed by atoms with van der Waals surface area (Å²) in [6, 6.07) is 8.93. The van der Waals surface area contributed by atoms with Crippen LogP contribution < -0.4 is 4.74 Å². The molecular formula is C16H17NO3. The van der Waals surface area contributed by atoms with E-state index in [1.807, 2.05) is 25.1 Å². The molecule has 0 saturated heterocycles. The molecule has 0 unspecified atom stereocenters. The normalized spacial score (nSPS) is 10.6. The molecule has 20 heavy (non-hydrogen) atoms. The summed E-state index contributed by atoms with van der Waals surface area (Å²) < 4.78 is 5.68. The van der Waals surface area contributed by atoms with Crippen molar-refractivity contribution in [3.8, 4) is 11.5 Å². The van der Waals surface area contributed by atoms with Gasteiger partial charge in [-0.2, -0.15) is 0 Å². The molecule has 1 aromatic heterocycles. The predicted octanol–water partition coefficient (Wildman–Crippen LogP) is 4.00. The fraction of sp³-hybridized carbons (Fsp3) is 0.250. The summed E-state index contributed by atoms with van der Waals surface area (Å²) in [6.07, 6.45) is 1.42. The summed E-state index contributed by atoms with van der Waals surface area (Å²) in [5, 5.41) is 8.90. The molecule has 1 heterocycles. The highest BCUT2D eigenvalue weighted by molar-refractivity contribution is 5.85. The molecule has 0 bridgehead atoms. The molecule has 0 atom stereocenters. The van der Waals surface area contributed by atoms with Crippen molar-refractivity contribution in [1.29, 1.82) is 0 Å². The average molecular weight is 271 g/mol. The summed E-state index contributed by atoms with van der Waals surface area (Å²) in [5.74, 6) is 0.550. The zero-order chi connectivity index (χ0) is 14.7. The second-order valence-electron chi connectivity index (χ2n) is 4.96. The lowest BCUT2D eigenvalue weighted by Crippen LogP contribution is -2.00. The van der Waals surface area contributed by atoms with Crippen molar-refractivity contribution in [2.24, 2.45) is 0 Å². The van der Waals surface area contributed by atoms with Gasteiger partial charge >= 0.3 is 5.97 Å². The molecule has 4 heteroatoms. The Morgan fingerprint density at radius 2 is 1.90 bits per heavy atom. The van der Waals surface area contributed by atoms with Crippen molar-refractivity contribution in [3.05, 3.63) is 53.3 Å². The van der Waals surface area contributed by atoms with Crippen molar-refractivity contribution >= 4 is 5.97 Å². The van der Waals surface area contributed by atoms with Gasteiger partial charge in [0.05, 0.1) is 0 Å². The van der Waals surface area contributed by atoms with Crippen LogP contribution in [0.25, 0.3) is 0 Å². The fourth-order valence-corrected chi connectivity index (χ4v) is 2.09. The molecule has 0 aliphatic rings. The van der Waals surface area contributed by atoms with Crippen molar-refractivity contribution < 1.29 is 14.6 Å². The molecular weight excluding hydrogens is 254 g/mol. The van der Waals surface area contributed by atoms with Crippen LogP contribution in [0.15, 0.2) is 36.5 Å². The highest BCUT2D eigenvalue weighted by atomic mass is 16.5. The SMILES string of the molecule is Cc1cc(Oc2ccnc(C(=O)O)c2)ccc1C(C)C. The van der Waals surface area contributed by atoms with Crippen LogP contribution in [0.3, 0.4) is 0 Å². The third kappa shape index (κ3) is 3.15. The van der Waals surface area contributed by atoms with Crippen LogP contribution in [0.2, 0.25) is 0 Å². The Bertz CT molecular complexity index is 635. The van der Waals surface area contributed by atoms with Crippen molar-refractivity contribution in [1.82, 2.24) is 4.98 Å². The minimum absolute atomic E-state index is 0.0296. The third-order valence-electron chi connectivity index (χ3n) is 3.05. The number of aromatic nitrogens is 1. The molecule has 1 aromatic carbocycles. The van der Waals surface area contributed by atoms with Gasteiger partial charge in [-0.15, -0.1) is 0 Å². The lowest BCUT2D eigenvalue weighted by molar-refractivity contribution is 0.0690. The monoisotopic (exact) mass is 271 g/mol. The highest BCUT2D eigenvalue weighted by Crippen LogP contribution is 2.27. The van der Waals surface area contributed by atoms with Crippen molar-refractivity contribution in [3.63, 3.8) is 0 Å². The number of pyridine rings is 1. The van der Waals surface area contributed by atoms with Gasteiger partial charge in [0.25, 0.3) is 0 Å². The number of nitrogens with zero attached hydrogens (tertiary/aromatic N) is 1. The summed E-state index contributed by atoms with van der Waals surface area (Å²) in [5.41, 5.74) is 2.40. The topological polar surface area (TPSA) is 59.4 Å². The van der Waals surface area contributed by atoms with E-state index in [9.17, 15) is 4.79 Å². The number of carboxylic acids is 1. The molecule has 2 rings (SSSR count). The van der Waals surface area contributed by atoms with Crippen LogP contribution in [-0.2, 0) is 0 Å². The molecule has 2 aromatic rings. The first-order valence-corrected chi connectivity index (χ1v) is 6.45. The number of carboxylic acid groups (broad SMARTS) is 1. The van der Waals surface area contributed by atoms with Gasteiger partial charge in [-0.3, -0.25) is 0 Å². The van der Waals surface area contributed by atoms with Crippen LogP contribution in [0, 0.1) is 6.92 Å². The molecule has 0 spiro atoms. The van der Waals surface area contributed by atoms with Gasteiger partial charge in [0.2, 0.25) is 0 Å². The van der Waals surface area contributed by atoms with E-state index in [1.54, 1.807) is 6.07 Å². The Morgan fingerprint density at radius 3 is 2.50 bits per heavy atom. The average Bonchev–Trinajstić information content (AvgIpc) is 2.38. The summed E-state index contributed by atoms with van der Waals surface area (Å²) in [7, 11) is 0. The van der Waals surface area contributed by atoms with E-state index in [0.29, 0.717) is 17.4 Å². The number of hydrogen-bond donors (Lipinski definition) is 1. The maximum atomic E-state index is 10.9. The number of aromatic carboxylic acids is 1. The molecule has 1 N–H and O–H groups in total. The van der Waals surface area contributed by atoms with E-state index >= 15 is 0 Å². The van der Waals surface area contributed by atoms with E-state index in [1.165, 1.54) is 17.8 Å². The molecule has 0 amide bonds. The number of benzene rings is 1. The number of aryl methyl sites for hydroxylation is 1. The molecule has 104 valence electrons. The minimum atomic E-state index is -1.07. The van der Waals surface area contributed by atoms with E-state index in [4.69, 9.17) is 9.84 Å². The van der Waals surface area contributed by atoms with Gasteiger partial charge in [-0.05, 0) is 42.2 Å². The van der Waals surface area contributed by atoms with Crippen LogP contribution in [0.4, 0.5) is 0 Å². The second kappa shape index (κ2) is 5.74. The first-order valence-electron chi connectivity index (χ1n) is 6.45. The second-order valence-corrected chi connectivity index (χ2v) is 4.96. The van der Waals surface area contributed by atoms with Crippen LogP contribution in [0.5, 0.6) is 11.5 Å². The third-order valence-corrected chi connectivity index (χ3v) is 3.05. The molecule has 0 fully saturated rings. The lowest BCUT2D eigenvalue weighted by Gasteiger charge is -2.12. The van der Waals surface area contributed by atoms with E-state index in [-0.39, 0.29) is 5.69 Å². The first kappa shape index (κ1) is 14.1. The first-order chi connectivity index (χ1) is 9.47. The Labute approximate surface area is 118 Å². The summed E-state index contributed by atoms with van der Waals surface area (Å²) in [4.78, 5) is 14.6. The largest absolute Gasteiger partial charge is 0.477 e. The van der Waals surface area contributed by atoms with Crippen molar-refractivity contribution in [2.45, 2.75) is 26.7 Å². The lowest BCUT2D eigenvalue weighted by atomic mass is 9.98. The maximum absolute atomic E-state index is 10.9. The van der Waals surface area contributed by atoms with Crippen LogP contribution in [-0.4, -0.2) is 16.1 Å². The summed E-state index contributed by atoms with van der Waals surface area (Å²) >= 11 is 0. The zero-order valence-corrected chi connectivity index (χ0v) is 11.8. The summed E-state index contributed by atoms with van der Waals surface area (Å²) in [6.45, 7) is 6.33. The molecule has 0 aliphatic heterocycles. The highest BCUT2D eigenvalue weighted by Gasteiger charge is 2.08. The van der Waals surface area contributed by atoms with Crippen LogP contribution >= 0.6 is 0 Å². The van der Waals surface area contributed by atoms with Gasteiger partial charge in [0, 0.05) is 12.3 Å². The number of hydrogen-bond acceptors (Lipinski definition) is 3. The number of rotatable bonds is 4. The van der Waals surface area contributed by atoms with Gasteiger partial charge in [0.15, 0.2) is 5.69 Å². The Kier molecular flexibility index (Phi) is 4.03. The zero-order valence-electron chi connectivity index (χ0n) is 11.8. The van der Waals surface area contributed by atoms with E-state index in [0.717, 1.165) is 5.56 Å². The molecule has 4 nitrogen and oxygen atoms in total. The Morgan fingerprint density at radius 1 is 1.20 bits per heavy atom. The quantitative estimate of drug-likeness (QED) is 0.912. The van der Waals surface area contributed by atoms with Gasteiger partial charge in [-0.25, -0.2) is 9.78 Å². The standard InChI is InChI=1S/C16H17NO3/c1-10(2)14-5-4-12(8-11(14)3)20-13-6-7-17-15(9-13)16(18)19/h4-10H,1-3H3,(H,18,19). The smallest absolute Gasteiger partial charge is 0.354 e. The van der Waals surface area contributed by atoms with E-state index < -0.39 is 5.97 Å². The Hall–Kier alpha value is -2.36. The predicted molar refractivity (Wildman–Crippen MR) is 76.5 cm³/mol. The number of ether oxygens (including phenoxy) is 1. The van der Waals surface area contributed by atoms with Gasteiger partial charge in [-0.1, -0.05) is 19.9 Å². The molecule has 0 saturated carbocycles. The maximum Gasteiger partial charge on any atom is 0.354 e. The molecule has 0 aliphatic carbocycles. The molecule has 0 radical (unpaired) electrons. The Balaban J connectivity index is 2.24. The van der Waals surface area contributed by atoms with Crippen LogP contribution in [0.1, 0.15) is 41.4 Å². The number of carbonyl (C=O) groups is 1. The van der Waals surface area contributed by atoms with E-state index in [2.05, 4.69) is 18.8 Å².